The van der Waals surface area contributed by atoms with Crippen LogP contribution in [0.15, 0.2) is 29.2 Å². The Hall–Kier alpha value is -2.84. The number of pyridine rings is 1. The third-order valence-corrected chi connectivity index (χ3v) is 6.90. The number of aromatic nitrogens is 1. The van der Waals surface area contributed by atoms with Gasteiger partial charge in [-0.2, -0.15) is 0 Å². The lowest BCUT2D eigenvalue weighted by atomic mass is 9.86. The summed E-state index contributed by atoms with van der Waals surface area (Å²) in [5.74, 6) is -0.768. The number of hydrogen-bond donors (Lipinski definition) is 1. The molecule has 8 heteroatoms. The van der Waals surface area contributed by atoms with Crippen LogP contribution in [-0.2, 0) is 15.9 Å². The second-order valence-corrected chi connectivity index (χ2v) is 9.12. The van der Waals surface area contributed by atoms with Crippen molar-refractivity contribution in [3.05, 3.63) is 45.7 Å². The van der Waals surface area contributed by atoms with Crippen molar-refractivity contribution >= 4 is 11.7 Å². The van der Waals surface area contributed by atoms with Crippen LogP contribution in [0.2, 0.25) is 0 Å². The van der Waals surface area contributed by atoms with Crippen LogP contribution in [0.1, 0.15) is 42.2 Å². The molecule has 170 valence electrons. The van der Waals surface area contributed by atoms with E-state index in [2.05, 4.69) is 24.8 Å². The number of hydrogen-bond acceptors (Lipinski definition) is 6. The molecule has 2 aromatic rings. The Labute approximate surface area is 186 Å². The first-order chi connectivity index (χ1) is 15.3. The molecule has 0 unspecified atom stereocenters. The van der Waals surface area contributed by atoms with E-state index in [0.717, 1.165) is 41.9 Å². The summed E-state index contributed by atoms with van der Waals surface area (Å²) >= 11 is 0. The predicted molar refractivity (Wildman–Crippen MR) is 119 cm³/mol. The molecule has 5 rings (SSSR count). The van der Waals surface area contributed by atoms with Crippen LogP contribution in [0.3, 0.4) is 0 Å². The van der Waals surface area contributed by atoms with Crippen LogP contribution < -0.4 is 15.1 Å². The number of carboxylic acid groups (broad SMARTS) is 1. The summed E-state index contributed by atoms with van der Waals surface area (Å²) in [5.41, 5.74) is 3.05. The minimum Gasteiger partial charge on any atom is -0.495 e. The van der Waals surface area contributed by atoms with E-state index in [1.54, 1.807) is 7.11 Å². The van der Waals surface area contributed by atoms with Crippen LogP contribution in [0.25, 0.3) is 11.3 Å². The second-order valence-electron chi connectivity index (χ2n) is 9.12. The zero-order valence-corrected chi connectivity index (χ0v) is 18.6. The van der Waals surface area contributed by atoms with E-state index in [1.165, 1.54) is 12.3 Å². The molecule has 32 heavy (non-hydrogen) atoms. The Morgan fingerprint density at radius 3 is 2.66 bits per heavy atom. The average molecular weight is 440 g/mol. The Bertz CT molecular complexity index is 1130. The number of nitrogens with zero attached hydrogens (tertiary/aromatic N) is 2. The monoisotopic (exact) mass is 440 g/mol. The van der Waals surface area contributed by atoms with Crippen molar-refractivity contribution in [1.82, 2.24) is 4.57 Å². The van der Waals surface area contributed by atoms with Gasteiger partial charge in [0.25, 0.3) is 0 Å². The summed E-state index contributed by atoms with van der Waals surface area (Å²) in [7, 11) is 1.64. The number of rotatable bonds is 4. The lowest BCUT2D eigenvalue weighted by Gasteiger charge is -2.34. The molecule has 0 saturated carbocycles. The van der Waals surface area contributed by atoms with Crippen LogP contribution in [-0.4, -0.2) is 54.8 Å². The highest BCUT2D eigenvalue weighted by Crippen LogP contribution is 2.44. The van der Waals surface area contributed by atoms with Crippen molar-refractivity contribution in [3.63, 3.8) is 0 Å². The van der Waals surface area contributed by atoms with Crippen molar-refractivity contribution < 1.29 is 24.1 Å². The van der Waals surface area contributed by atoms with Gasteiger partial charge < -0.3 is 28.8 Å². The van der Waals surface area contributed by atoms with Gasteiger partial charge in [-0.3, -0.25) is 4.79 Å². The molecule has 3 aliphatic rings. The molecule has 2 fully saturated rings. The van der Waals surface area contributed by atoms with E-state index in [4.69, 9.17) is 14.2 Å². The molecule has 2 saturated heterocycles. The van der Waals surface area contributed by atoms with Gasteiger partial charge in [0, 0.05) is 36.8 Å². The quantitative estimate of drug-likeness (QED) is 0.782. The fourth-order valence-corrected chi connectivity index (χ4v) is 5.20. The maximum absolute atomic E-state index is 12.5. The normalized spacial score (nSPS) is 21.1. The maximum Gasteiger partial charge on any atom is 0.341 e. The molecular formula is C24H28N2O6. The molecule has 1 aromatic heterocycles. The van der Waals surface area contributed by atoms with E-state index < -0.39 is 17.2 Å². The van der Waals surface area contributed by atoms with Crippen LogP contribution >= 0.6 is 0 Å². The number of aromatic carboxylic acids is 1. The van der Waals surface area contributed by atoms with Crippen LogP contribution in [0, 0.1) is 5.92 Å². The number of carbonyl (C=O) groups is 1. The molecule has 1 N–H and O–H groups in total. The van der Waals surface area contributed by atoms with Gasteiger partial charge in [-0.15, -0.1) is 0 Å². The number of benzene rings is 1. The number of methoxy groups -OCH3 is 1. The highest BCUT2D eigenvalue weighted by molar-refractivity contribution is 5.88. The van der Waals surface area contributed by atoms with Gasteiger partial charge in [0.05, 0.1) is 38.2 Å². The molecular weight excluding hydrogens is 412 g/mol. The fourth-order valence-electron chi connectivity index (χ4n) is 5.20. The smallest absolute Gasteiger partial charge is 0.341 e. The number of carboxylic acids is 1. The van der Waals surface area contributed by atoms with Crippen LogP contribution in [0.4, 0.5) is 5.69 Å². The summed E-state index contributed by atoms with van der Waals surface area (Å²) in [6.45, 7) is 6.92. The Balaban J connectivity index is 1.62. The van der Waals surface area contributed by atoms with Gasteiger partial charge in [0.2, 0.25) is 0 Å². The molecule has 8 nitrogen and oxygen atoms in total. The maximum atomic E-state index is 12.5. The summed E-state index contributed by atoms with van der Waals surface area (Å²) < 4.78 is 19.5. The van der Waals surface area contributed by atoms with Crippen molar-refractivity contribution in [2.24, 2.45) is 5.92 Å². The van der Waals surface area contributed by atoms with Crippen molar-refractivity contribution in [1.29, 1.82) is 0 Å². The minimum absolute atomic E-state index is 0.0452. The Kier molecular flexibility index (Phi) is 5.02. The lowest BCUT2D eigenvalue weighted by molar-refractivity contribution is -0.137. The molecule has 0 amide bonds. The first-order valence-corrected chi connectivity index (χ1v) is 11.1. The summed E-state index contributed by atoms with van der Waals surface area (Å²) in [4.78, 5) is 26.3. The largest absolute Gasteiger partial charge is 0.495 e. The second kappa shape index (κ2) is 7.64. The van der Waals surface area contributed by atoms with E-state index in [1.807, 2.05) is 10.6 Å². The molecule has 3 aliphatic heterocycles. The van der Waals surface area contributed by atoms with Gasteiger partial charge in [-0.25, -0.2) is 4.79 Å². The fraction of sp³-hybridized carbons (Fsp3) is 0.500. The van der Waals surface area contributed by atoms with E-state index in [-0.39, 0.29) is 17.5 Å². The molecule has 1 aromatic carbocycles. The predicted octanol–water partition coefficient (Wildman–Crippen LogP) is 2.93. The zero-order chi connectivity index (χ0) is 22.6. The standard InChI is InChI=1S/C24H28N2O6/c1-14(2)18-8-15-9-20(25-5-4-24(13-25)31-6-7-32-24)22(30-3)10-16(15)19-11-21(27)17(23(28)29)12-26(18)19/h9-12,14,18H,4-8,13H2,1-3H3,(H,28,29)/t18-/m1/s1. The first kappa shape index (κ1) is 21.0. The van der Waals surface area contributed by atoms with Gasteiger partial charge in [-0.05, 0) is 30.0 Å². The molecule has 0 bridgehead atoms. The molecule has 0 radical (unpaired) electrons. The number of anilines is 1. The lowest BCUT2D eigenvalue weighted by Crippen LogP contribution is -2.34. The Morgan fingerprint density at radius 1 is 1.25 bits per heavy atom. The first-order valence-electron chi connectivity index (χ1n) is 11.1. The summed E-state index contributed by atoms with van der Waals surface area (Å²) in [6.07, 6.45) is 3.04. The minimum atomic E-state index is -1.20. The van der Waals surface area contributed by atoms with Crippen LogP contribution in [0.5, 0.6) is 5.75 Å². The third kappa shape index (κ3) is 3.29. The number of ether oxygens (including phenoxy) is 3. The summed E-state index contributed by atoms with van der Waals surface area (Å²) in [6, 6.07) is 5.61. The van der Waals surface area contributed by atoms with Crippen molar-refractivity contribution in [3.8, 4) is 17.0 Å². The zero-order valence-electron chi connectivity index (χ0n) is 18.6. The molecule has 1 spiro atoms. The van der Waals surface area contributed by atoms with Gasteiger partial charge in [0.15, 0.2) is 11.2 Å². The van der Waals surface area contributed by atoms with Crippen molar-refractivity contribution in [2.75, 3.05) is 38.3 Å². The molecule has 0 aliphatic carbocycles. The molecule has 1 atom stereocenters. The van der Waals surface area contributed by atoms with E-state index >= 15 is 0 Å². The third-order valence-electron chi connectivity index (χ3n) is 6.90. The summed E-state index contributed by atoms with van der Waals surface area (Å²) in [5, 5.41) is 9.46. The SMILES string of the molecule is COc1cc2c(cc1N1CCC3(C1)OCCO3)C[C@H](C(C)C)n1cc(C(=O)O)c(=O)cc1-2. The highest BCUT2D eigenvalue weighted by atomic mass is 16.7. The van der Waals surface area contributed by atoms with E-state index in [9.17, 15) is 14.7 Å². The highest BCUT2D eigenvalue weighted by Gasteiger charge is 2.44. The van der Waals surface area contributed by atoms with Gasteiger partial charge in [-0.1, -0.05) is 13.8 Å². The van der Waals surface area contributed by atoms with E-state index in [0.29, 0.717) is 25.5 Å². The number of fused-ring (bicyclic) bond motifs is 3. The average Bonchev–Trinajstić information content (AvgIpc) is 3.41. The van der Waals surface area contributed by atoms with Gasteiger partial charge in [0.1, 0.15) is 11.3 Å². The van der Waals surface area contributed by atoms with Crippen molar-refractivity contribution in [2.45, 2.75) is 38.5 Å². The molecule has 4 heterocycles. The topological polar surface area (TPSA) is 90.2 Å². The van der Waals surface area contributed by atoms with Gasteiger partial charge >= 0.3 is 5.97 Å². The Morgan fingerprint density at radius 2 is 2.00 bits per heavy atom.